The number of rotatable bonds is 8. The van der Waals surface area contributed by atoms with Crippen LogP contribution < -0.4 is 21.2 Å². The number of benzene rings is 4. The van der Waals surface area contributed by atoms with Crippen molar-refractivity contribution in [2.24, 2.45) is 0 Å². The number of nitrogens with zero attached hydrogens (tertiary/aromatic N) is 1. The molecule has 197 valence electrons. The Morgan fingerprint density at radius 1 is 0.564 bits per heavy atom. The second kappa shape index (κ2) is 12.5. The summed E-state index contributed by atoms with van der Waals surface area (Å²) in [6.07, 6.45) is 6.97. The maximum absolute atomic E-state index is 2.64. The molecule has 39 heavy (non-hydrogen) atoms. The molecule has 0 bridgehead atoms. The van der Waals surface area contributed by atoms with Gasteiger partial charge in [-0.05, 0) is 114 Å². The summed E-state index contributed by atoms with van der Waals surface area (Å²) in [7, 11) is 0.954. The van der Waals surface area contributed by atoms with E-state index in [0.717, 1.165) is 0 Å². The molecule has 4 aromatic carbocycles. The first-order chi connectivity index (χ1) is 18.8. The Morgan fingerprint density at radius 2 is 1.00 bits per heavy atom. The largest absolute Gasteiger partial charge is 0.274 e. The molecule has 0 saturated heterocycles. The highest BCUT2D eigenvalue weighted by Gasteiger charge is 2.42. The lowest BCUT2D eigenvalue weighted by Gasteiger charge is -2.40. The molecular weight excluding hydrogens is 508 g/mol. The van der Waals surface area contributed by atoms with Crippen LogP contribution in [0.1, 0.15) is 29.2 Å². The van der Waals surface area contributed by atoms with Crippen LogP contribution in [0.15, 0.2) is 97.1 Å². The Labute approximate surface area is 239 Å². The topological polar surface area (TPSA) is 3.24 Å². The van der Waals surface area contributed by atoms with Gasteiger partial charge in [0.2, 0.25) is 0 Å². The summed E-state index contributed by atoms with van der Waals surface area (Å²) in [5.74, 6) is 1.43. The summed E-state index contributed by atoms with van der Waals surface area (Å²) in [5.41, 5.74) is 6.77. The Balaban J connectivity index is 1.54. The van der Waals surface area contributed by atoms with Crippen molar-refractivity contribution in [2.45, 2.75) is 40.7 Å². The second-order valence-corrected chi connectivity index (χ2v) is 15.1. The van der Waals surface area contributed by atoms with Gasteiger partial charge in [-0.1, -0.05) is 95.1 Å². The first kappa shape index (κ1) is 28.2. The molecule has 0 N–H and O–H groups in total. The summed E-state index contributed by atoms with van der Waals surface area (Å²) >= 11 is 0. The molecule has 1 nitrogen and oxygen atoms in total. The molecule has 4 aromatic rings. The molecule has 5 rings (SSSR count). The Morgan fingerprint density at radius 3 is 1.44 bits per heavy atom. The minimum absolute atomic E-state index is 0.250. The highest BCUT2D eigenvalue weighted by Crippen LogP contribution is 2.58. The summed E-state index contributed by atoms with van der Waals surface area (Å²) < 4.78 is 2.64. The molecular formula is C36H38NP2. The van der Waals surface area contributed by atoms with Gasteiger partial charge >= 0.3 is 0 Å². The zero-order chi connectivity index (χ0) is 27.5. The van der Waals surface area contributed by atoms with Gasteiger partial charge < -0.3 is 0 Å². The molecule has 1 atom stereocenters. The van der Waals surface area contributed by atoms with Crippen molar-refractivity contribution in [3.8, 4) is 0 Å². The normalized spacial score (nSPS) is 15.5. The number of hydrogen-bond acceptors (Lipinski definition) is 1. The van der Waals surface area contributed by atoms with Gasteiger partial charge in [-0.3, -0.25) is 4.67 Å². The molecule has 0 heterocycles. The molecule has 0 spiro atoms. The average molecular weight is 547 g/mol. The van der Waals surface area contributed by atoms with E-state index in [1.165, 1.54) is 55.0 Å². The Hall–Kier alpha value is -2.30. The van der Waals surface area contributed by atoms with Crippen LogP contribution in [0.4, 0.5) is 0 Å². The summed E-state index contributed by atoms with van der Waals surface area (Å²) in [5, 5.41) is 5.63. The van der Waals surface area contributed by atoms with Crippen LogP contribution in [-0.4, -0.2) is 17.8 Å². The molecule has 0 amide bonds. The van der Waals surface area contributed by atoms with E-state index in [1.807, 2.05) is 0 Å². The van der Waals surface area contributed by atoms with E-state index in [2.05, 4.69) is 163 Å². The van der Waals surface area contributed by atoms with Crippen LogP contribution in [0.5, 0.6) is 0 Å². The van der Waals surface area contributed by atoms with Gasteiger partial charge in [0.05, 0.1) is 0 Å². The lowest BCUT2D eigenvalue weighted by Crippen LogP contribution is -2.38. The third-order valence-electron chi connectivity index (χ3n) is 7.32. The first-order valence-corrected chi connectivity index (χ1v) is 16.3. The van der Waals surface area contributed by atoms with Crippen LogP contribution in [0, 0.1) is 58.5 Å². The fraction of sp³-hybridized carbons (Fsp3) is 0.194. The zero-order valence-corrected chi connectivity index (χ0v) is 25.7. The maximum Gasteiger partial charge on any atom is 0.0281 e. The molecule has 1 aliphatic carbocycles. The average Bonchev–Trinajstić information content (AvgIpc) is 3.38. The van der Waals surface area contributed by atoms with Crippen LogP contribution in [-0.2, 0) is 0 Å². The van der Waals surface area contributed by atoms with Crippen molar-refractivity contribution < 1.29 is 0 Å². The minimum Gasteiger partial charge on any atom is -0.274 e. The first-order valence-electron chi connectivity index (χ1n) is 13.7. The van der Waals surface area contributed by atoms with E-state index >= 15 is 0 Å². The standard InChI is InChI=1S/C36H38NP2/c1-26-20-27(2)23-33(22-26)39(34-24-28(3)21-29(4)25-34)37(6)30(5)35-18-13-19-36(35)38(31-14-9-7-10-15-31)32-16-11-8-12-17-32/h7-25,30H,1-6H3/t30-/m1/s1. The third-order valence-corrected chi connectivity index (χ3v) is 12.3. The predicted octanol–water partition coefficient (Wildman–Crippen LogP) is 7.45. The summed E-state index contributed by atoms with van der Waals surface area (Å²) in [6, 6.07) is 36.5. The van der Waals surface area contributed by atoms with Crippen LogP contribution in [0.3, 0.4) is 0 Å². The summed E-state index contributed by atoms with van der Waals surface area (Å²) in [6.45, 7) is 11.3. The van der Waals surface area contributed by atoms with Crippen molar-refractivity contribution >= 4 is 37.2 Å². The van der Waals surface area contributed by atoms with Gasteiger partial charge in [-0.2, -0.15) is 0 Å². The van der Waals surface area contributed by atoms with Crippen molar-refractivity contribution in [1.29, 1.82) is 0 Å². The fourth-order valence-corrected chi connectivity index (χ4v) is 10.9. The molecule has 0 aromatic heterocycles. The number of aryl methyl sites for hydroxylation is 4. The van der Waals surface area contributed by atoms with Gasteiger partial charge in [-0.25, -0.2) is 0 Å². The molecule has 3 heteroatoms. The molecule has 0 unspecified atom stereocenters. The second-order valence-electron chi connectivity index (χ2n) is 10.6. The van der Waals surface area contributed by atoms with E-state index in [-0.39, 0.29) is 6.04 Å². The van der Waals surface area contributed by atoms with Crippen LogP contribution >= 0.6 is 16.0 Å². The summed E-state index contributed by atoms with van der Waals surface area (Å²) in [4.78, 5) is 0. The molecule has 1 aliphatic rings. The van der Waals surface area contributed by atoms with Crippen molar-refractivity contribution in [3.05, 3.63) is 150 Å². The smallest absolute Gasteiger partial charge is 0.0281 e. The van der Waals surface area contributed by atoms with Gasteiger partial charge in [0, 0.05) is 25.7 Å². The SMILES string of the molecule is Cc1cc(C)cc(P(c2cc(C)cc(C)c2)N(C)[C@H](C)[C]2[CH][CH][CH][C]2P(c2ccccc2)c2ccccc2)c1. The Kier molecular flexibility index (Phi) is 9.03. The molecule has 1 fully saturated rings. The van der Waals surface area contributed by atoms with Crippen LogP contribution in [0.25, 0.3) is 0 Å². The van der Waals surface area contributed by atoms with E-state index < -0.39 is 16.0 Å². The highest BCUT2D eigenvalue weighted by atomic mass is 31.1. The van der Waals surface area contributed by atoms with E-state index in [1.54, 1.807) is 0 Å². The van der Waals surface area contributed by atoms with Gasteiger partial charge in [0.1, 0.15) is 0 Å². The van der Waals surface area contributed by atoms with Gasteiger partial charge in [0.25, 0.3) is 0 Å². The molecule has 1 saturated carbocycles. The lowest BCUT2D eigenvalue weighted by molar-refractivity contribution is 0.454. The van der Waals surface area contributed by atoms with E-state index in [4.69, 9.17) is 0 Å². The van der Waals surface area contributed by atoms with Gasteiger partial charge in [0.15, 0.2) is 0 Å². The van der Waals surface area contributed by atoms with Crippen molar-refractivity contribution in [2.75, 3.05) is 7.05 Å². The molecule has 0 aliphatic heterocycles. The number of hydrogen-bond donors (Lipinski definition) is 0. The highest BCUT2D eigenvalue weighted by molar-refractivity contribution is 7.76. The zero-order valence-electron chi connectivity index (χ0n) is 23.9. The monoisotopic (exact) mass is 546 g/mol. The minimum atomic E-state index is -0.721. The lowest BCUT2D eigenvalue weighted by atomic mass is 10.00. The Bertz CT molecular complexity index is 1250. The van der Waals surface area contributed by atoms with Crippen molar-refractivity contribution in [1.82, 2.24) is 4.67 Å². The molecule has 5 radical (unpaired) electrons. The van der Waals surface area contributed by atoms with E-state index in [9.17, 15) is 0 Å². The predicted molar refractivity (Wildman–Crippen MR) is 174 cm³/mol. The maximum atomic E-state index is 2.64. The third kappa shape index (κ3) is 6.38. The fourth-order valence-electron chi connectivity index (χ4n) is 5.60. The van der Waals surface area contributed by atoms with Crippen molar-refractivity contribution in [3.63, 3.8) is 0 Å². The quantitative estimate of drug-likeness (QED) is 0.208. The van der Waals surface area contributed by atoms with Gasteiger partial charge in [-0.15, -0.1) is 0 Å². The van der Waals surface area contributed by atoms with Crippen LogP contribution in [0.2, 0.25) is 0 Å². The van der Waals surface area contributed by atoms with E-state index in [0.29, 0.717) is 0 Å².